The molecule has 0 bridgehead atoms. The van der Waals surface area contributed by atoms with Crippen LogP contribution in [0.3, 0.4) is 0 Å². The first kappa shape index (κ1) is 47.8. The topological polar surface area (TPSA) is 55.4 Å². The van der Waals surface area contributed by atoms with Gasteiger partial charge in [-0.2, -0.15) is 0 Å². The summed E-state index contributed by atoms with van der Waals surface area (Å²) >= 11 is 0. The molecule has 11 heteroatoms. The maximum atomic E-state index is 7.63. The fourth-order valence-corrected chi connectivity index (χ4v) is 31.0. The van der Waals surface area contributed by atoms with Crippen LogP contribution in [0.2, 0.25) is 66.5 Å². The Hall–Kier alpha value is 0.844. The van der Waals surface area contributed by atoms with Gasteiger partial charge in [-0.1, -0.05) is 114 Å². The average molecular weight is 753 g/mol. The molecule has 47 heavy (non-hydrogen) atoms. The first-order valence-corrected chi connectivity index (χ1v) is 32.0. The molecule has 0 fully saturated rings. The Morgan fingerprint density at radius 1 is 0.277 bits per heavy atom. The predicted molar refractivity (Wildman–Crippen MR) is 217 cm³/mol. The molecule has 0 unspecified atom stereocenters. The molecular formula is C36H84O6Si5. The molecule has 0 N–H and O–H groups in total. The van der Waals surface area contributed by atoms with Gasteiger partial charge in [0.15, 0.2) is 25.0 Å². The Bertz CT molecular complexity index is 638. The molecule has 0 heterocycles. The summed E-state index contributed by atoms with van der Waals surface area (Å²) in [6.07, 6.45) is 12.8. The molecule has 0 saturated carbocycles. The van der Waals surface area contributed by atoms with Crippen LogP contribution in [0.15, 0.2) is 0 Å². The Balaban J connectivity index is 5.31. The van der Waals surface area contributed by atoms with Gasteiger partial charge in [0.2, 0.25) is 0 Å². The van der Waals surface area contributed by atoms with Crippen LogP contribution in [0.4, 0.5) is 0 Å². The zero-order valence-corrected chi connectivity index (χ0v) is 38.9. The fourth-order valence-electron chi connectivity index (χ4n) is 7.20. The van der Waals surface area contributed by atoms with Crippen molar-refractivity contribution >= 4 is 42.6 Å². The van der Waals surface area contributed by atoms with E-state index in [0.29, 0.717) is 19.8 Å². The van der Waals surface area contributed by atoms with Crippen LogP contribution in [-0.2, 0) is 25.6 Å². The van der Waals surface area contributed by atoms with Crippen molar-refractivity contribution in [3.8, 4) is 0 Å². The van der Waals surface area contributed by atoms with Gasteiger partial charge in [0, 0.05) is 31.9 Å². The van der Waals surface area contributed by atoms with Gasteiger partial charge in [-0.3, -0.25) is 0 Å². The lowest BCUT2D eigenvalue weighted by Gasteiger charge is -2.48. The van der Waals surface area contributed by atoms with E-state index in [4.69, 9.17) is 25.6 Å². The molecule has 0 aromatic rings. The third kappa shape index (κ3) is 16.8. The van der Waals surface area contributed by atoms with Crippen molar-refractivity contribution in [1.82, 2.24) is 0 Å². The van der Waals surface area contributed by atoms with E-state index in [-0.39, 0.29) is 0 Å². The molecule has 0 saturated heterocycles. The van der Waals surface area contributed by atoms with Crippen molar-refractivity contribution in [3.05, 3.63) is 0 Å². The molecule has 0 rings (SSSR count). The first-order chi connectivity index (χ1) is 22.6. The minimum atomic E-state index is -2.85. The highest BCUT2D eigenvalue weighted by molar-refractivity contribution is 6.92. The largest absolute Gasteiger partial charge is 0.500 e. The van der Waals surface area contributed by atoms with Crippen LogP contribution in [0, 0.1) is 0 Å². The summed E-state index contributed by atoms with van der Waals surface area (Å²) in [5.74, 6) is 0. The molecule has 6 nitrogen and oxygen atoms in total. The van der Waals surface area contributed by atoms with E-state index in [0.717, 1.165) is 72.9 Å². The Morgan fingerprint density at radius 2 is 0.489 bits per heavy atom. The van der Waals surface area contributed by atoms with Crippen LogP contribution in [0.1, 0.15) is 147 Å². The SMILES string of the molecule is CCO[Si](CCCCCCCCCCCC[Si](O[Si](CC)(CC)CC)(O[Si](CC)(CC)CC)O[Si](CC)(CC)CC)(OCC)OCC. The van der Waals surface area contributed by atoms with E-state index >= 15 is 0 Å². The third-order valence-corrected chi connectivity index (χ3v) is 35.9. The summed E-state index contributed by atoms with van der Waals surface area (Å²) in [5.41, 5.74) is 0. The summed E-state index contributed by atoms with van der Waals surface area (Å²) in [6, 6.07) is 12.4. The summed E-state index contributed by atoms with van der Waals surface area (Å²) in [4.78, 5) is 0. The normalized spacial score (nSPS) is 13.5. The third-order valence-electron chi connectivity index (χ3n) is 11.2. The molecule has 0 atom stereocenters. The van der Waals surface area contributed by atoms with Crippen molar-refractivity contribution in [2.75, 3.05) is 19.8 Å². The smallest absolute Gasteiger partial charge is 0.416 e. The number of rotatable bonds is 34. The molecule has 0 aliphatic rings. The lowest BCUT2D eigenvalue weighted by molar-refractivity contribution is 0.0706. The number of unbranched alkanes of at least 4 members (excludes halogenated alkanes) is 9. The predicted octanol–water partition coefficient (Wildman–Crippen LogP) is 12.9. The maximum absolute atomic E-state index is 7.63. The number of hydrogen-bond donors (Lipinski definition) is 0. The lowest BCUT2D eigenvalue weighted by Crippen LogP contribution is -2.64. The average Bonchev–Trinajstić information content (AvgIpc) is 3.09. The minimum Gasteiger partial charge on any atom is -0.416 e. The Labute approximate surface area is 300 Å². The molecule has 0 aliphatic carbocycles. The second-order valence-electron chi connectivity index (χ2n) is 13.7. The standard InChI is InChI=1S/C36H84O6Si5/c1-13-37-46(38-14-2,39-15-3)35-33-31-29-27-25-26-28-30-32-34-36-47(40-43(16-4,17-5)18-6,41-44(19-7,20-8)21-9)42-45(22-10,23-11)24-12/h13-36H2,1-12H3. The van der Waals surface area contributed by atoms with Crippen LogP contribution in [-0.4, -0.2) is 62.4 Å². The van der Waals surface area contributed by atoms with Crippen LogP contribution in [0.5, 0.6) is 0 Å². The highest BCUT2D eigenvalue weighted by Crippen LogP contribution is 2.39. The second kappa shape index (κ2) is 26.6. The molecule has 0 aromatic heterocycles. The highest BCUT2D eigenvalue weighted by atomic mass is 28.5. The Morgan fingerprint density at radius 3 is 0.702 bits per heavy atom. The molecule has 0 aliphatic heterocycles. The van der Waals surface area contributed by atoms with Crippen molar-refractivity contribution in [1.29, 1.82) is 0 Å². The monoisotopic (exact) mass is 753 g/mol. The van der Waals surface area contributed by atoms with Gasteiger partial charge in [0.05, 0.1) is 0 Å². The fraction of sp³-hybridized carbons (Fsp3) is 1.00. The zero-order valence-electron chi connectivity index (χ0n) is 33.9. The van der Waals surface area contributed by atoms with Crippen molar-refractivity contribution in [3.63, 3.8) is 0 Å². The minimum absolute atomic E-state index is 0.665. The molecule has 0 spiro atoms. The lowest BCUT2D eigenvalue weighted by atomic mass is 10.1. The molecular weight excluding hydrogens is 669 g/mol. The van der Waals surface area contributed by atoms with Crippen molar-refractivity contribution < 1.29 is 25.6 Å². The summed E-state index contributed by atoms with van der Waals surface area (Å²) in [6.45, 7) is 29.4. The molecule has 0 aromatic carbocycles. The van der Waals surface area contributed by atoms with E-state index in [2.05, 4.69) is 62.3 Å². The van der Waals surface area contributed by atoms with Gasteiger partial charge in [-0.25, -0.2) is 0 Å². The second-order valence-corrected chi connectivity index (χ2v) is 34.2. The molecule has 0 amide bonds. The first-order valence-electron chi connectivity index (χ1n) is 20.6. The van der Waals surface area contributed by atoms with E-state index < -0.39 is 42.6 Å². The van der Waals surface area contributed by atoms with Crippen molar-refractivity contribution in [2.45, 2.75) is 214 Å². The van der Waals surface area contributed by atoms with E-state index in [1.807, 2.05) is 20.8 Å². The van der Waals surface area contributed by atoms with Gasteiger partial charge in [-0.15, -0.1) is 0 Å². The van der Waals surface area contributed by atoms with E-state index in [1.165, 1.54) is 57.8 Å². The Kier molecular flexibility index (Phi) is 27.1. The van der Waals surface area contributed by atoms with Crippen LogP contribution in [0.25, 0.3) is 0 Å². The molecule has 0 radical (unpaired) electrons. The van der Waals surface area contributed by atoms with Gasteiger partial charge in [0.1, 0.15) is 0 Å². The summed E-state index contributed by atoms with van der Waals surface area (Å²) in [7, 11) is -11.1. The van der Waals surface area contributed by atoms with E-state index in [9.17, 15) is 0 Å². The van der Waals surface area contributed by atoms with Crippen LogP contribution >= 0.6 is 0 Å². The quantitative estimate of drug-likeness (QED) is 0.0482. The summed E-state index contributed by atoms with van der Waals surface area (Å²) in [5, 5.41) is 0. The van der Waals surface area contributed by atoms with Gasteiger partial charge >= 0.3 is 17.6 Å². The van der Waals surface area contributed by atoms with Gasteiger partial charge in [-0.05, 0) is 88.0 Å². The van der Waals surface area contributed by atoms with Crippen molar-refractivity contribution in [2.24, 2.45) is 0 Å². The summed E-state index contributed by atoms with van der Waals surface area (Å²) < 4.78 is 41.0. The highest BCUT2D eigenvalue weighted by Gasteiger charge is 2.54. The van der Waals surface area contributed by atoms with E-state index in [1.54, 1.807) is 0 Å². The zero-order chi connectivity index (χ0) is 35.7. The maximum Gasteiger partial charge on any atom is 0.500 e. The van der Waals surface area contributed by atoms with Gasteiger partial charge < -0.3 is 25.6 Å². The van der Waals surface area contributed by atoms with Crippen LogP contribution < -0.4 is 0 Å². The number of hydrogen-bond acceptors (Lipinski definition) is 6. The molecule has 284 valence electrons. The van der Waals surface area contributed by atoms with Gasteiger partial charge in [0.25, 0.3) is 0 Å².